The summed E-state index contributed by atoms with van der Waals surface area (Å²) < 4.78 is 0. The minimum absolute atomic E-state index is 0.104. The van der Waals surface area contributed by atoms with Crippen LogP contribution in [-0.2, 0) is 4.79 Å². The summed E-state index contributed by atoms with van der Waals surface area (Å²) in [7, 11) is 0. The van der Waals surface area contributed by atoms with Crippen molar-refractivity contribution >= 4 is 23.1 Å². The van der Waals surface area contributed by atoms with Crippen molar-refractivity contribution in [3.63, 3.8) is 0 Å². The molecule has 0 N–H and O–H groups in total. The van der Waals surface area contributed by atoms with Crippen LogP contribution >= 0.6 is 0 Å². The topological polar surface area (TPSA) is 86.1 Å². The summed E-state index contributed by atoms with van der Waals surface area (Å²) in [6.45, 7) is 1.67. The van der Waals surface area contributed by atoms with E-state index < -0.39 is 17.2 Å². The fraction of sp³-hybridized carbons (Fsp3) is 0.176. The maximum Gasteiger partial charge on any atom is 0.251 e. The molecule has 6 nitrogen and oxygen atoms in total. The number of hydrogen-bond donors (Lipinski definition) is 0. The lowest BCUT2D eigenvalue weighted by Gasteiger charge is -2.38. The van der Waals surface area contributed by atoms with Crippen LogP contribution in [-0.4, -0.2) is 17.2 Å². The number of carbonyl (C=O) groups excluding carboxylic acids is 2. The average Bonchev–Trinajstić information content (AvgIpc) is 2.60. The zero-order chi connectivity index (χ0) is 16.4. The Labute approximate surface area is 133 Å². The van der Waals surface area contributed by atoms with Crippen molar-refractivity contribution in [2.24, 2.45) is 5.11 Å². The molecule has 6 heteroatoms. The third-order valence-electron chi connectivity index (χ3n) is 4.06. The molecule has 114 valence electrons. The molecule has 1 aliphatic rings. The van der Waals surface area contributed by atoms with Gasteiger partial charge >= 0.3 is 0 Å². The molecule has 3 rings (SSSR count). The molecule has 0 bridgehead atoms. The van der Waals surface area contributed by atoms with Crippen molar-refractivity contribution in [3.8, 4) is 0 Å². The van der Waals surface area contributed by atoms with Gasteiger partial charge in [-0.2, -0.15) is 0 Å². The van der Waals surface area contributed by atoms with Crippen LogP contribution in [0.1, 0.15) is 23.7 Å². The number of para-hydroxylation sites is 2. The van der Waals surface area contributed by atoms with Gasteiger partial charge in [0.2, 0.25) is 0 Å². The van der Waals surface area contributed by atoms with E-state index >= 15 is 0 Å². The predicted octanol–water partition coefficient (Wildman–Crippen LogP) is 4.01. The summed E-state index contributed by atoms with van der Waals surface area (Å²) in [5.41, 5.74) is 8.67. The normalized spacial score (nSPS) is 20.0. The second-order valence-electron chi connectivity index (χ2n) is 5.23. The van der Waals surface area contributed by atoms with E-state index in [4.69, 9.17) is 5.53 Å². The van der Waals surface area contributed by atoms with Crippen LogP contribution in [0.3, 0.4) is 0 Å². The number of Topliss-reactive ketones (excluding diaryl/α,β-unsaturated/α-hetero) is 1. The summed E-state index contributed by atoms with van der Waals surface area (Å²) >= 11 is 0. The molecule has 0 saturated heterocycles. The van der Waals surface area contributed by atoms with Crippen molar-refractivity contribution in [1.29, 1.82) is 0 Å². The first kappa shape index (κ1) is 14.8. The van der Waals surface area contributed by atoms with Crippen LogP contribution in [0.5, 0.6) is 0 Å². The molecule has 0 radical (unpaired) electrons. The Balaban J connectivity index is 2.31. The fourth-order valence-corrected chi connectivity index (χ4v) is 2.86. The summed E-state index contributed by atoms with van der Waals surface area (Å²) in [5, 5.41) is 3.61. The number of fused-ring (bicyclic) bond motifs is 1. The number of benzene rings is 2. The quantitative estimate of drug-likeness (QED) is 0.371. The molecule has 0 fully saturated rings. The van der Waals surface area contributed by atoms with E-state index in [2.05, 4.69) is 10.0 Å². The molecule has 0 spiro atoms. The van der Waals surface area contributed by atoms with Gasteiger partial charge in [-0.1, -0.05) is 42.4 Å². The van der Waals surface area contributed by atoms with Gasteiger partial charge in [0, 0.05) is 16.2 Å². The minimum atomic E-state index is -1.74. The molecule has 0 aromatic heterocycles. The van der Waals surface area contributed by atoms with E-state index in [9.17, 15) is 9.59 Å². The fourth-order valence-electron chi connectivity index (χ4n) is 2.86. The maximum atomic E-state index is 13.1. The van der Waals surface area contributed by atoms with Gasteiger partial charge in [-0.15, -0.1) is 0 Å². The molecule has 2 aromatic rings. The van der Waals surface area contributed by atoms with Gasteiger partial charge in [-0.3, -0.25) is 14.5 Å². The van der Waals surface area contributed by atoms with E-state index in [-0.39, 0.29) is 6.42 Å². The Kier molecular flexibility index (Phi) is 3.60. The van der Waals surface area contributed by atoms with Gasteiger partial charge in [0.05, 0.1) is 5.69 Å². The number of anilines is 2. The number of azide groups is 1. The zero-order valence-electron chi connectivity index (χ0n) is 12.5. The molecule has 1 amide bonds. The molecule has 2 aromatic carbocycles. The van der Waals surface area contributed by atoms with E-state index in [0.717, 1.165) is 0 Å². The van der Waals surface area contributed by atoms with Crippen LogP contribution in [0.4, 0.5) is 11.4 Å². The highest BCUT2D eigenvalue weighted by atomic mass is 16.2. The molecule has 0 aliphatic carbocycles. The summed E-state index contributed by atoms with van der Waals surface area (Å²) in [5.74, 6) is -0.974. The molecule has 1 atom stereocenters. The first-order valence-corrected chi connectivity index (χ1v) is 7.25. The number of amides is 1. The Bertz CT molecular complexity index is 827. The summed E-state index contributed by atoms with van der Waals surface area (Å²) in [6.07, 6.45) is 0.104. The number of carbonyl (C=O) groups is 2. The highest BCUT2D eigenvalue weighted by Crippen LogP contribution is 2.40. The summed E-state index contributed by atoms with van der Waals surface area (Å²) in [4.78, 5) is 30.1. The first-order chi connectivity index (χ1) is 11.2. The van der Waals surface area contributed by atoms with Gasteiger partial charge in [-0.05, 0) is 36.2 Å². The van der Waals surface area contributed by atoms with Gasteiger partial charge in [0.25, 0.3) is 5.91 Å². The van der Waals surface area contributed by atoms with E-state index in [1.165, 1.54) is 4.90 Å². The lowest BCUT2D eigenvalue weighted by Crippen LogP contribution is -2.55. The van der Waals surface area contributed by atoms with Crippen LogP contribution < -0.4 is 4.90 Å². The second kappa shape index (κ2) is 5.59. The molecule has 0 unspecified atom stereocenters. The Morgan fingerprint density at radius 3 is 2.39 bits per heavy atom. The lowest BCUT2D eigenvalue weighted by molar-refractivity contribution is -0.121. The molecular formula is C17H14N4O2. The first-order valence-electron chi connectivity index (χ1n) is 7.25. The summed E-state index contributed by atoms with van der Waals surface area (Å²) in [6, 6.07) is 15.9. The van der Waals surface area contributed by atoms with Crippen molar-refractivity contribution in [2.75, 3.05) is 4.90 Å². The third kappa shape index (κ3) is 2.08. The van der Waals surface area contributed by atoms with E-state index in [1.807, 2.05) is 18.2 Å². The van der Waals surface area contributed by atoms with Crippen molar-refractivity contribution in [3.05, 3.63) is 70.6 Å². The highest BCUT2D eigenvalue weighted by molar-refractivity contribution is 6.30. The maximum absolute atomic E-state index is 13.1. The number of ketones is 1. The average molecular weight is 306 g/mol. The predicted molar refractivity (Wildman–Crippen MR) is 86.5 cm³/mol. The SMILES string of the molecule is CC[C@]1(N=[N+]=[N-])C(=O)c2ccccc2N(c2ccccc2)C1=O. The van der Waals surface area contributed by atoms with E-state index in [0.29, 0.717) is 16.9 Å². The Morgan fingerprint density at radius 2 is 1.74 bits per heavy atom. The van der Waals surface area contributed by atoms with Crippen molar-refractivity contribution in [2.45, 2.75) is 18.9 Å². The number of hydrogen-bond acceptors (Lipinski definition) is 3. The Morgan fingerprint density at radius 1 is 1.09 bits per heavy atom. The van der Waals surface area contributed by atoms with Gasteiger partial charge in [0.1, 0.15) is 0 Å². The van der Waals surface area contributed by atoms with Crippen molar-refractivity contribution < 1.29 is 9.59 Å². The van der Waals surface area contributed by atoms with E-state index in [1.54, 1.807) is 43.3 Å². The number of nitrogens with zero attached hydrogens (tertiary/aromatic N) is 4. The van der Waals surface area contributed by atoms with Gasteiger partial charge in [0.15, 0.2) is 11.3 Å². The van der Waals surface area contributed by atoms with Crippen LogP contribution in [0.15, 0.2) is 59.7 Å². The second-order valence-corrected chi connectivity index (χ2v) is 5.23. The largest absolute Gasteiger partial charge is 0.293 e. The van der Waals surface area contributed by atoms with Crippen molar-refractivity contribution in [1.82, 2.24) is 0 Å². The molecule has 23 heavy (non-hydrogen) atoms. The smallest absolute Gasteiger partial charge is 0.251 e. The van der Waals surface area contributed by atoms with Gasteiger partial charge < -0.3 is 0 Å². The standard InChI is InChI=1S/C17H14N4O2/c1-2-17(19-20-18)15(22)13-10-6-7-11-14(13)21(16(17)23)12-8-4-3-5-9-12/h3-11H,2H2,1H3/t17-/m0/s1. The van der Waals surface area contributed by atoms with Crippen LogP contribution in [0.25, 0.3) is 10.4 Å². The third-order valence-corrected chi connectivity index (χ3v) is 4.06. The number of rotatable bonds is 3. The minimum Gasteiger partial charge on any atom is -0.293 e. The Hall–Kier alpha value is -3.11. The molecule has 0 saturated carbocycles. The molecule has 1 heterocycles. The highest BCUT2D eigenvalue weighted by Gasteiger charge is 2.51. The van der Waals surface area contributed by atoms with Crippen LogP contribution in [0, 0.1) is 0 Å². The van der Waals surface area contributed by atoms with Crippen LogP contribution in [0.2, 0.25) is 0 Å². The molecule has 1 aliphatic heterocycles. The monoisotopic (exact) mass is 306 g/mol. The lowest BCUT2D eigenvalue weighted by atomic mass is 9.81. The zero-order valence-corrected chi connectivity index (χ0v) is 12.5. The molecular weight excluding hydrogens is 292 g/mol. The van der Waals surface area contributed by atoms with Gasteiger partial charge in [-0.25, -0.2) is 0 Å².